The van der Waals surface area contributed by atoms with Crippen molar-refractivity contribution in [3.05, 3.63) is 29.6 Å². The molecule has 5 nitrogen and oxygen atoms in total. The van der Waals surface area contributed by atoms with Crippen LogP contribution in [0.15, 0.2) is 18.3 Å². The number of aryl methyl sites for hydroxylation is 1. The Labute approximate surface area is 114 Å². The molecule has 2 amide bonds. The van der Waals surface area contributed by atoms with Crippen molar-refractivity contribution in [3.8, 4) is 0 Å². The first kappa shape index (κ1) is 15.4. The normalized spacial score (nSPS) is 11.9. The summed E-state index contributed by atoms with van der Waals surface area (Å²) in [6, 6.07) is 3.82. The molecule has 1 unspecified atom stereocenters. The van der Waals surface area contributed by atoms with Crippen LogP contribution in [0.25, 0.3) is 0 Å². The van der Waals surface area contributed by atoms with E-state index in [4.69, 9.17) is 5.11 Å². The minimum atomic E-state index is -0.162. The van der Waals surface area contributed by atoms with Crippen molar-refractivity contribution in [2.45, 2.75) is 26.7 Å². The largest absolute Gasteiger partial charge is 0.396 e. The van der Waals surface area contributed by atoms with Gasteiger partial charge < -0.3 is 15.7 Å². The second-order valence-corrected chi connectivity index (χ2v) is 4.81. The van der Waals surface area contributed by atoms with Crippen molar-refractivity contribution < 1.29 is 9.90 Å². The smallest absolute Gasteiger partial charge is 0.314 e. The summed E-state index contributed by atoms with van der Waals surface area (Å²) in [4.78, 5) is 15.7. The molecule has 0 saturated heterocycles. The van der Waals surface area contributed by atoms with Crippen LogP contribution in [0, 0.1) is 12.8 Å². The molecule has 0 aromatic carbocycles. The quantitative estimate of drug-likeness (QED) is 0.694. The lowest BCUT2D eigenvalue weighted by molar-refractivity contribution is 0.234. The first-order valence-corrected chi connectivity index (χ1v) is 6.66. The van der Waals surface area contributed by atoms with Gasteiger partial charge in [0.1, 0.15) is 0 Å². The second kappa shape index (κ2) is 8.48. The Morgan fingerprint density at radius 3 is 2.84 bits per heavy atom. The highest BCUT2D eigenvalue weighted by Gasteiger charge is 2.04. The highest BCUT2D eigenvalue weighted by atomic mass is 16.3. The number of carbonyl (C=O) groups excluding carboxylic acids is 1. The zero-order chi connectivity index (χ0) is 14.1. The van der Waals surface area contributed by atoms with Crippen molar-refractivity contribution >= 4 is 6.03 Å². The molecular formula is C14H23N3O2. The Morgan fingerprint density at radius 1 is 1.42 bits per heavy atom. The van der Waals surface area contributed by atoms with E-state index < -0.39 is 0 Å². The van der Waals surface area contributed by atoms with E-state index in [2.05, 4.69) is 15.6 Å². The molecule has 1 aromatic heterocycles. The predicted molar refractivity (Wildman–Crippen MR) is 74.9 cm³/mol. The van der Waals surface area contributed by atoms with Crippen molar-refractivity contribution in [3.63, 3.8) is 0 Å². The van der Waals surface area contributed by atoms with Gasteiger partial charge in [-0.1, -0.05) is 13.0 Å². The van der Waals surface area contributed by atoms with Crippen LogP contribution in [0.3, 0.4) is 0 Å². The van der Waals surface area contributed by atoms with E-state index in [9.17, 15) is 4.79 Å². The molecule has 0 aliphatic carbocycles. The van der Waals surface area contributed by atoms with Crippen LogP contribution in [0.5, 0.6) is 0 Å². The standard InChI is InChI=1S/C14H23N3O2/c1-11(6-8-18)9-17-14(19)15-7-5-13-4-3-12(2)16-10-13/h3-4,10-11,18H,5-9H2,1-2H3,(H2,15,17,19). The fraction of sp³-hybridized carbons (Fsp3) is 0.571. The molecule has 0 aliphatic rings. The molecule has 3 N–H and O–H groups in total. The molecule has 1 atom stereocenters. The number of urea groups is 1. The van der Waals surface area contributed by atoms with E-state index in [0.29, 0.717) is 19.5 Å². The zero-order valence-corrected chi connectivity index (χ0v) is 11.6. The first-order valence-electron chi connectivity index (χ1n) is 6.66. The molecule has 1 aromatic rings. The maximum absolute atomic E-state index is 11.5. The fourth-order valence-electron chi connectivity index (χ4n) is 1.62. The van der Waals surface area contributed by atoms with Crippen molar-refractivity contribution in [1.82, 2.24) is 15.6 Å². The molecule has 0 radical (unpaired) electrons. The Morgan fingerprint density at radius 2 is 2.21 bits per heavy atom. The molecule has 0 bridgehead atoms. The number of aromatic nitrogens is 1. The van der Waals surface area contributed by atoms with Gasteiger partial charge >= 0.3 is 6.03 Å². The molecule has 0 fully saturated rings. The van der Waals surface area contributed by atoms with Gasteiger partial charge in [-0.3, -0.25) is 4.98 Å². The summed E-state index contributed by atoms with van der Waals surface area (Å²) in [5.41, 5.74) is 2.10. The van der Waals surface area contributed by atoms with Gasteiger partial charge in [-0.2, -0.15) is 0 Å². The number of rotatable bonds is 7. The van der Waals surface area contributed by atoms with E-state index in [1.54, 1.807) is 0 Å². The molecule has 5 heteroatoms. The Bertz CT molecular complexity index is 379. The maximum Gasteiger partial charge on any atom is 0.314 e. The van der Waals surface area contributed by atoms with E-state index in [1.165, 1.54) is 0 Å². The van der Waals surface area contributed by atoms with Crippen molar-refractivity contribution in [1.29, 1.82) is 0 Å². The van der Waals surface area contributed by atoms with E-state index in [1.807, 2.05) is 32.2 Å². The van der Waals surface area contributed by atoms with Crippen LogP contribution >= 0.6 is 0 Å². The monoisotopic (exact) mass is 265 g/mol. The van der Waals surface area contributed by atoms with Crippen LogP contribution in [0.2, 0.25) is 0 Å². The molecule has 19 heavy (non-hydrogen) atoms. The van der Waals surface area contributed by atoms with Crippen molar-refractivity contribution in [2.75, 3.05) is 19.7 Å². The Kier molecular flexibility index (Phi) is 6.89. The van der Waals surface area contributed by atoms with Gasteiger partial charge in [0.25, 0.3) is 0 Å². The van der Waals surface area contributed by atoms with Gasteiger partial charge in [0.2, 0.25) is 0 Å². The van der Waals surface area contributed by atoms with Crippen LogP contribution in [0.1, 0.15) is 24.6 Å². The average molecular weight is 265 g/mol. The lowest BCUT2D eigenvalue weighted by Crippen LogP contribution is -2.38. The molecule has 1 heterocycles. The number of hydrogen-bond donors (Lipinski definition) is 3. The van der Waals surface area contributed by atoms with Gasteiger partial charge in [0.15, 0.2) is 0 Å². The summed E-state index contributed by atoms with van der Waals surface area (Å²) >= 11 is 0. The SMILES string of the molecule is Cc1ccc(CCNC(=O)NCC(C)CCO)cn1. The molecular weight excluding hydrogens is 242 g/mol. The molecule has 1 rings (SSSR count). The Balaban J connectivity index is 2.15. The second-order valence-electron chi connectivity index (χ2n) is 4.81. The molecule has 0 aliphatic heterocycles. The fourth-order valence-corrected chi connectivity index (χ4v) is 1.62. The number of nitrogens with one attached hydrogen (secondary N) is 2. The third kappa shape index (κ3) is 6.76. The summed E-state index contributed by atoms with van der Waals surface area (Å²) in [6.07, 6.45) is 3.31. The number of aliphatic hydroxyl groups excluding tert-OH is 1. The summed E-state index contributed by atoms with van der Waals surface area (Å²) in [7, 11) is 0. The summed E-state index contributed by atoms with van der Waals surface area (Å²) in [5.74, 6) is 0.289. The third-order valence-electron chi connectivity index (χ3n) is 2.90. The zero-order valence-electron chi connectivity index (χ0n) is 11.6. The first-order chi connectivity index (χ1) is 9.11. The minimum absolute atomic E-state index is 0.158. The summed E-state index contributed by atoms with van der Waals surface area (Å²) in [5, 5.41) is 14.3. The molecule has 0 spiro atoms. The highest BCUT2D eigenvalue weighted by molar-refractivity contribution is 5.73. The molecule has 106 valence electrons. The number of nitrogens with zero attached hydrogens (tertiary/aromatic N) is 1. The van der Waals surface area contributed by atoms with Gasteiger partial charge in [-0.05, 0) is 37.3 Å². The van der Waals surface area contributed by atoms with E-state index >= 15 is 0 Å². The number of carbonyl (C=O) groups is 1. The maximum atomic E-state index is 11.5. The van der Waals surface area contributed by atoms with E-state index in [0.717, 1.165) is 17.7 Å². The lowest BCUT2D eigenvalue weighted by Gasteiger charge is -2.12. The summed E-state index contributed by atoms with van der Waals surface area (Å²) < 4.78 is 0. The van der Waals surface area contributed by atoms with Crippen LogP contribution in [0.4, 0.5) is 4.79 Å². The highest BCUT2D eigenvalue weighted by Crippen LogP contribution is 1.99. The minimum Gasteiger partial charge on any atom is -0.396 e. The topological polar surface area (TPSA) is 74.2 Å². The number of aliphatic hydroxyl groups is 1. The van der Waals surface area contributed by atoms with Crippen LogP contribution in [-0.4, -0.2) is 35.8 Å². The van der Waals surface area contributed by atoms with Crippen LogP contribution < -0.4 is 10.6 Å². The van der Waals surface area contributed by atoms with Crippen LogP contribution in [-0.2, 0) is 6.42 Å². The summed E-state index contributed by atoms with van der Waals surface area (Å²) in [6.45, 7) is 5.27. The third-order valence-corrected chi connectivity index (χ3v) is 2.90. The average Bonchev–Trinajstić information content (AvgIpc) is 2.39. The van der Waals surface area contributed by atoms with Crippen molar-refractivity contribution in [2.24, 2.45) is 5.92 Å². The predicted octanol–water partition coefficient (Wildman–Crippen LogP) is 1.25. The van der Waals surface area contributed by atoms with Gasteiger partial charge in [-0.25, -0.2) is 4.79 Å². The number of hydrogen-bond acceptors (Lipinski definition) is 3. The van der Waals surface area contributed by atoms with Gasteiger partial charge in [0, 0.05) is 31.6 Å². The number of pyridine rings is 1. The lowest BCUT2D eigenvalue weighted by atomic mass is 10.1. The van der Waals surface area contributed by atoms with E-state index in [-0.39, 0.29) is 18.6 Å². The number of amides is 2. The van der Waals surface area contributed by atoms with Gasteiger partial charge in [-0.15, -0.1) is 0 Å². The Hall–Kier alpha value is -1.62. The van der Waals surface area contributed by atoms with Gasteiger partial charge in [0.05, 0.1) is 0 Å². The molecule has 0 saturated carbocycles.